The molecule has 0 atom stereocenters. The highest BCUT2D eigenvalue weighted by atomic mass is 35.5. The van der Waals surface area contributed by atoms with Gasteiger partial charge in [0.15, 0.2) is 27.3 Å². The van der Waals surface area contributed by atoms with Crippen molar-refractivity contribution in [2.45, 2.75) is 0 Å². The molecule has 2 heterocycles. The number of fused-ring (bicyclic) bond motifs is 1. The van der Waals surface area contributed by atoms with Crippen LogP contribution in [0, 0.1) is 22.9 Å². The van der Waals surface area contributed by atoms with E-state index in [1.165, 1.54) is 6.07 Å². The SMILES string of the molecule is N=C(c1cc(F)c(F)c2nc(NCCN3CCS(=O)(=O)CC3)[nH]c12)N(O)c1ccc(F)c(Cl)c1. The predicted molar refractivity (Wildman–Crippen MR) is 122 cm³/mol. The number of H-pyrrole nitrogens is 1. The predicted octanol–water partition coefficient (Wildman–Crippen LogP) is 3.00. The molecule has 0 amide bonds. The second kappa shape index (κ2) is 9.41. The summed E-state index contributed by atoms with van der Waals surface area (Å²) in [5.74, 6) is -3.58. The van der Waals surface area contributed by atoms with Gasteiger partial charge < -0.3 is 10.3 Å². The van der Waals surface area contributed by atoms with Crippen molar-refractivity contribution >= 4 is 49.9 Å². The van der Waals surface area contributed by atoms with E-state index in [-0.39, 0.29) is 44.8 Å². The van der Waals surface area contributed by atoms with Gasteiger partial charge in [-0.05, 0) is 24.3 Å². The lowest BCUT2D eigenvalue weighted by molar-refractivity contribution is 0.307. The van der Waals surface area contributed by atoms with Crippen LogP contribution in [0.4, 0.5) is 24.8 Å². The van der Waals surface area contributed by atoms with Crippen molar-refractivity contribution in [3.8, 4) is 0 Å². The quantitative estimate of drug-likeness (QED) is 0.225. The van der Waals surface area contributed by atoms with E-state index in [9.17, 15) is 26.8 Å². The van der Waals surface area contributed by atoms with Crippen molar-refractivity contribution in [2.75, 3.05) is 48.1 Å². The van der Waals surface area contributed by atoms with Gasteiger partial charge in [-0.15, -0.1) is 0 Å². The fourth-order valence-corrected chi connectivity index (χ4v) is 4.99. The largest absolute Gasteiger partial charge is 0.355 e. The van der Waals surface area contributed by atoms with Crippen LogP contribution in [-0.2, 0) is 9.84 Å². The monoisotopic (exact) mass is 516 g/mol. The van der Waals surface area contributed by atoms with Gasteiger partial charge in [0.05, 0.1) is 27.7 Å². The molecular formula is C20H20ClF3N6O3S. The Hall–Kier alpha value is -2.87. The molecular weight excluding hydrogens is 497 g/mol. The minimum atomic E-state index is -2.99. The summed E-state index contributed by atoms with van der Waals surface area (Å²) in [6.07, 6.45) is 0. The van der Waals surface area contributed by atoms with Gasteiger partial charge in [0.25, 0.3) is 0 Å². The molecule has 3 aromatic rings. The summed E-state index contributed by atoms with van der Waals surface area (Å²) >= 11 is 5.72. The Kier molecular flexibility index (Phi) is 6.71. The third-order valence-corrected chi connectivity index (χ3v) is 7.33. The van der Waals surface area contributed by atoms with E-state index < -0.39 is 33.1 Å². The molecule has 34 heavy (non-hydrogen) atoms. The van der Waals surface area contributed by atoms with E-state index in [4.69, 9.17) is 17.0 Å². The van der Waals surface area contributed by atoms with E-state index in [2.05, 4.69) is 15.3 Å². The Morgan fingerprint density at radius 1 is 1.24 bits per heavy atom. The zero-order chi connectivity index (χ0) is 24.6. The van der Waals surface area contributed by atoms with Gasteiger partial charge in [-0.1, -0.05) is 11.6 Å². The second-order valence-corrected chi connectivity index (χ2v) is 10.4. The number of amidine groups is 1. The number of sulfone groups is 1. The van der Waals surface area contributed by atoms with Crippen LogP contribution in [0.2, 0.25) is 5.02 Å². The van der Waals surface area contributed by atoms with Gasteiger partial charge >= 0.3 is 0 Å². The molecule has 1 fully saturated rings. The summed E-state index contributed by atoms with van der Waals surface area (Å²) in [5, 5.41) is 21.7. The average Bonchev–Trinajstić information content (AvgIpc) is 3.22. The molecule has 14 heteroatoms. The van der Waals surface area contributed by atoms with E-state index in [1.807, 2.05) is 4.90 Å². The minimum Gasteiger partial charge on any atom is -0.355 e. The molecule has 1 saturated heterocycles. The van der Waals surface area contributed by atoms with Gasteiger partial charge in [0.2, 0.25) is 5.95 Å². The molecule has 0 saturated carbocycles. The Bertz CT molecular complexity index is 1350. The van der Waals surface area contributed by atoms with E-state index in [1.54, 1.807) is 0 Å². The molecule has 4 N–H and O–H groups in total. The summed E-state index contributed by atoms with van der Waals surface area (Å²) in [5.41, 5.74) is -0.672. The Morgan fingerprint density at radius 3 is 2.62 bits per heavy atom. The first-order valence-corrected chi connectivity index (χ1v) is 12.3. The topological polar surface area (TPSA) is 125 Å². The highest BCUT2D eigenvalue weighted by molar-refractivity contribution is 7.91. The van der Waals surface area contributed by atoms with Gasteiger partial charge in [0, 0.05) is 31.7 Å². The standard InChI is InChI=1S/C20H20ClF3N6O3S/c21-13-9-11(1-2-14(13)22)30(31)19(25)12-10-15(23)16(24)18-17(12)27-20(28-18)26-3-4-29-5-7-34(32,33)8-6-29/h1-2,9-10,25,31H,3-8H2,(H2,26,27,28). The van der Waals surface area contributed by atoms with Crippen molar-refractivity contribution in [1.29, 1.82) is 5.41 Å². The van der Waals surface area contributed by atoms with Gasteiger partial charge in [-0.3, -0.25) is 15.5 Å². The normalized spacial score (nSPS) is 16.0. The summed E-state index contributed by atoms with van der Waals surface area (Å²) < 4.78 is 65.1. The summed E-state index contributed by atoms with van der Waals surface area (Å²) in [7, 11) is -2.99. The minimum absolute atomic E-state index is 0.0391. The maximum Gasteiger partial charge on any atom is 0.201 e. The molecule has 182 valence electrons. The molecule has 0 aliphatic carbocycles. The molecule has 1 aliphatic heterocycles. The Labute approximate surface area is 197 Å². The van der Waals surface area contributed by atoms with Crippen LogP contribution in [0.25, 0.3) is 11.0 Å². The molecule has 9 nitrogen and oxygen atoms in total. The maximum atomic E-state index is 14.4. The van der Waals surface area contributed by atoms with Crippen molar-refractivity contribution in [2.24, 2.45) is 0 Å². The Morgan fingerprint density at radius 2 is 1.94 bits per heavy atom. The third-order valence-electron chi connectivity index (χ3n) is 5.43. The zero-order valence-electron chi connectivity index (χ0n) is 17.6. The number of hydrogen-bond acceptors (Lipinski definition) is 7. The van der Waals surface area contributed by atoms with Gasteiger partial charge in [-0.25, -0.2) is 31.6 Å². The number of halogens is 4. The summed E-state index contributed by atoms with van der Waals surface area (Å²) in [6, 6.07) is 3.97. The number of hydroxylamine groups is 1. The fourth-order valence-electron chi connectivity index (χ4n) is 3.54. The lowest BCUT2D eigenvalue weighted by Gasteiger charge is -2.26. The number of anilines is 2. The number of hydrogen-bond donors (Lipinski definition) is 4. The molecule has 0 bridgehead atoms. The molecule has 0 unspecified atom stereocenters. The highest BCUT2D eigenvalue weighted by Gasteiger charge is 2.24. The van der Waals surface area contributed by atoms with Crippen LogP contribution in [-0.4, -0.2) is 72.0 Å². The molecule has 4 rings (SSSR count). The number of imidazole rings is 1. The van der Waals surface area contributed by atoms with E-state index >= 15 is 0 Å². The Balaban J connectivity index is 1.54. The number of nitrogens with zero attached hydrogens (tertiary/aromatic N) is 3. The number of nitrogens with one attached hydrogen (secondary N) is 3. The van der Waals surface area contributed by atoms with Gasteiger partial charge in [-0.2, -0.15) is 0 Å². The van der Waals surface area contributed by atoms with E-state index in [0.717, 1.165) is 18.2 Å². The summed E-state index contributed by atoms with van der Waals surface area (Å²) in [4.78, 5) is 8.75. The van der Waals surface area contributed by atoms with Crippen LogP contribution in [0.1, 0.15) is 5.56 Å². The lowest BCUT2D eigenvalue weighted by atomic mass is 10.1. The van der Waals surface area contributed by atoms with Crippen molar-refractivity contribution in [3.63, 3.8) is 0 Å². The first kappa shape index (κ1) is 24.3. The summed E-state index contributed by atoms with van der Waals surface area (Å²) in [6.45, 7) is 1.66. The molecule has 0 spiro atoms. The average molecular weight is 517 g/mol. The van der Waals surface area contributed by atoms with E-state index in [0.29, 0.717) is 31.2 Å². The molecule has 0 radical (unpaired) electrons. The molecule has 1 aromatic heterocycles. The van der Waals surface area contributed by atoms with Crippen LogP contribution < -0.4 is 10.4 Å². The highest BCUT2D eigenvalue weighted by Crippen LogP contribution is 2.28. The van der Waals surface area contributed by atoms with Crippen molar-refractivity contribution in [1.82, 2.24) is 14.9 Å². The smallest absolute Gasteiger partial charge is 0.201 e. The van der Waals surface area contributed by atoms with Crippen LogP contribution in [0.3, 0.4) is 0 Å². The number of benzene rings is 2. The van der Waals surface area contributed by atoms with Crippen LogP contribution in [0.5, 0.6) is 0 Å². The van der Waals surface area contributed by atoms with Crippen molar-refractivity contribution < 1.29 is 26.8 Å². The number of aromatic nitrogens is 2. The first-order valence-electron chi connectivity index (χ1n) is 10.1. The first-order chi connectivity index (χ1) is 16.1. The van der Waals surface area contributed by atoms with Gasteiger partial charge in [0.1, 0.15) is 11.3 Å². The third kappa shape index (κ3) is 4.97. The molecule has 1 aliphatic rings. The molecule has 2 aromatic carbocycles. The van der Waals surface area contributed by atoms with Crippen LogP contribution in [0.15, 0.2) is 24.3 Å². The number of aromatic amines is 1. The second-order valence-electron chi connectivity index (χ2n) is 7.71. The number of rotatable bonds is 6. The fraction of sp³-hybridized carbons (Fsp3) is 0.300. The maximum absolute atomic E-state index is 14.4. The van der Waals surface area contributed by atoms with Crippen LogP contribution >= 0.6 is 11.6 Å². The lowest BCUT2D eigenvalue weighted by Crippen LogP contribution is -2.42. The zero-order valence-corrected chi connectivity index (χ0v) is 19.1. The van der Waals surface area contributed by atoms with Crippen molar-refractivity contribution in [3.05, 3.63) is 52.3 Å².